The molecule has 1 N–H and O–H groups in total. The third kappa shape index (κ3) is 2.34. The highest BCUT2D eigenvalue weighted by atomic mass is 16.5. The van der Waals surface area contributed by atoms with Gasteiger partial charge >= 0.3 is 5.97 Å². The van der Waals surface area contributed by atoms with Gasteiger partial charge in [-0.05, 0) is 35.7 Å². The second kappa shape index (κ2) is 5.05. The molecule has 0 aliphatic heterocycles. The predicted octanol–water partition coefficient (Wildman–Crippen LogP) is 3.76. The molecule has 0 amide bonds. The van der Waals surface area contributed by atoms with Gasteiger partial charge in [0.25, 0.3) is 0 Å². The molecule has 3 aromatic rings. The van der Waals surface area contributed by atoms with Crippen molar-refractivity contribution in [3.05, 3.63) is 72.3 Å². The van der Waals surface area contributed by atoms with Gasteiger partial charge in [-0.1, -0.05) is 36.4 Å². The Hall–Kier alpha value is -2.81. The van der Waals surface area contributed by atoms with Crippen molar-refractivity contribution in [3.63, 3.8) is 0 Å². The summed E-state index contributed by atoms with van der Waals surface area (Å²) in [6.07, 6.45) is 0. The highest BCUT2D eigenvalue weighted by Gasteiger charge is 2.10. The van der Waals surface area contributed by atoms with Crippen LogP contribution in [0.2, 0.25) is 0 Å². The van der Waals surface area contributed by atoms with Crippen LogP contribution >= 0.6 is 0 Å². The third-order valence-electron chi connectivity index (χ3n) is 3.06. The molecule has 0 saturated carbocycles. The monoisotopic (exact) mass is 264 g/mol. The number of ether oxygens (including phenoxy) is 1. The number of phenols is 1. The fourth-order valence-electron chi connectivity index (χ4n) is 2.04. The number of benzene rings is 3. The highest BCUT2D eigenvalue weighted by Crippen LogP contribution is 2.26. The first-order valence-corrected chi connectivity index (χ1v) is 6.23. The molecule has 0 aliphatic carbocycles. The standard InChI is InChI=1S/C17H12O3/c18-14-10-8-13(9-11-14)17(19)20-16-7-3-5-12-4-1-2-6-15(12)16/h1-11,18H. The van der Waals surface area contributed by atoms with Crippen molar-refractivity contribution < 1.29 is 14.6 Å². The van der Waals surface area contributed by atoms with Gasteiger partial charge in [0, 0.05) is 5.39 Å². The lowest BCUT2D eigenvalue weighted by Crippen LogP contribution is -2.08. The molecule has 0 fully saturated rings. The minimum atomic E-state index is -0.443. The molecule has 0 aromatic heterocycles. The Bertz CT molecular complexity index is 755. The smallest absolute Gasteiger partial charge is 0.343 e. The minimum absolute atomic E-state index is 0.117. The molecular formula is C17H12O3. The first-order valence-electron chi connectivity index (χ1n) is 6.23. The van der Waals surface area contributed by atoms with Crippen LogP contribution in [-0.4, -0.2) is 11.1 Å². The maximum Gasteiger partial charge on any atom is 0.343 e. The summed E-state index contributed by atoms with van der Waals surface area (Å²) in [4.78, 5) is 12.1. The Balaban J connectivity index is 1.93. The number of carbonyl (C=O) groups is 1. The van der Waals surface area contributed by atoms with Crippen LogP contribution in [0.15, 0.2) is 66.7 Å². The van der Waals surface area contributed by atoms with Crippen LogP contribution in [0.25, 0.3) is 10.8 Å². The van der Waals surface area contributed by atoms with Crippen LogP contribution in [0.1, 0.15) is 10.4 Å². The van der Waals surface area contributed by atoms with E-state index in [1.807, 2.05) is 36.4 Å². The lowest BCUT2D eigenvalue weighted by Gasteiger charge is -2.07. The number of carbonyl (C=O) groups excluding carboxylic acids is 1. The van der Waals surface area contributed by atoms with Gasteiger partial charge in [-0.2, -0.15) is 0 Å². The molecule has 0 spiro atoms. The van der Waals surface area contributed by atoms with E-state index in [2.05, 4.69) is 0 Å². The average Bonchev–Trinajstić information content (AvgIpc) is 2.48. The van der Waals surface area contributed by atoms with E-state index in [-0.39, 0.29) is 5.75 Å². The van der Waals surface area contributed by atoms with Crippen LogP contribution < -0.4 is 4.74 Å². The Morgan fingerprint density at radius 1 is 0.850 bits per heavy atom. The molecule has 3 rings (SSSR count). The molecule has 0 radical (unpaired) electrons. The van der Waals surface area contributed by atoms with Gasteiger partial charge < -0.3 is 9.84 Å². The van der Waals surface area contributed by atoms with E-state index in [1.54, 1.807) is 6.07 Å². The van der Waals surface area contributed by atoms with Gasteiger partial charge in [-0.25, -0.2) is 4.79 Å². The first-order chi connectivity index (χ1) is 9.74. The van der Waals surface area contributed by atoms with E-state index in [1.165, 1.54) is 24.3 Å². The number of hydrogen-bond acceptors (Lipinski definition) is 3. The maximum atomic E-state index is 12.1. The number of rotatable bonds is 2. The molecule has 3 heteroatoms. The van der Waals surface area contributed by atoms with Crippen molar-refractivity contribution in [1.29, 1.82) is 0 Å². The number of aromatic hydroxyl groups is 1. The third-order valence-corrected chi connectivity index (χ3v) is 3.06. The number of esters is 1. The maximum absolute atomic E-state index is 12.1. The second-order valence-electron chi connectivity index (χ2n) is 4.41. The van der Waals surface area contributed by atoms with Gasteiger partial charge in [0.05, 0.1) is 5.56 Å². The number of phenolic OH excluding ortho intramolecular Hbond substituents is 1. The largest absolute Gasteiger partial charge is 0.508 e. The molecule has 3 aromatic carbocycles. The van der Waals surface area contributed by atoms with E-state index < -0.39 is 5.97 Å². The zero-order chi connectivity index (χ0) is 13.9. The van der Waals surface area contributed by atoms with Crippen molar-refractivity contribution in [2.75, 3.05) is 0 Å². The van der Waals surface area contributed by atoms with Crippen molar-refractivity contribution in [2.45, 2.75) is 0 Å². The molecule has 3 nitrogen and oxygen atoms in total. The topological polar surface area (TPSA) is 46.5 Å². The van der Waals surface area contributed by atoms with Crippen molar-refractivity contribution in [2.24, 2.45) is 0 Å². The molecule has 0 aliphatic rings. The van der Waals surface area contributed by atoms with Crippen LogP contribution in [0.3, 0.4) is 0 Å². The Morgan fingerprint density at radius 3 is 2.35 bits per heavy atom. The number of hydrogen-bond donors (Lipinski definition) is 1. The lowest BCUT2D eigenvalue weighted by molar-refractivity contribution is 0.0737. The molecular weight excluding hydrogens is 252 g/mol. The second-order valence-corrected chi connectivity index (χ2v) is 4.41. The van der Waals surface area contributed by atoms with E-state index in [4.69, 9.17) is 4.74 Å². The van der Waals surface area contributed by atoms with Crippen molar-refractivity contribution in [3.8, 4) is 11.5 Å². The summed E-state index contributed by atoms with van der Waals surface area (Å²) in [5.41, 5.74) is 0.399. The molecule has 20 heavy (non-hydrogen) atoms. The fraction of sp³-hybridized carbons (Fsp3) is 0. The van der Waals surface area contributed by atoms with Crippen LogP contribution in [0.4, 0.5) is 0 Å². The molecule has 0 atom stereocenters. The lowest BCUT2D eigenvalue weighted by atomic mass is 10.1. The molecule has 0 saturated heterocycles. The summed E-state index contributed by atoms with van der Waals surface area (Å²) in [6.45, 7) is 0. The van der Waals surface area contributed by atoms with E-state index in [0.29, 0.717) is 11.3 Å². The quantitative estimate of drug-likeness (QED) is 0.566. The van der Waals surface area contributed by atoms with Gasteiger partial charge in [0.2, 0.25) is 0 Å². The molecule has 0 heterocycles. The van der Waals surface area contributed by atoms with Gasteiger partial charge in [-0.15, -0.1) is 0 Å². The minimum Gasteiger partial charge on any atom is -0.508 e. The fourth-order valence-corrected chi connectivity index (χ4v) is 2.04. The zero-order valence-electron chi connectivity index (χ0n) is 10.6. The molecule has 0 unspecified atom stereocenters. The van der Waals surface area contributed by atoms with Crippen molar-refractivity contribution in [1.82, 2.24) is 0 Å². The number of fused-ring (bicyclic) bond motifs is 1. The summed E-state index contributed by atoms with van der Waals surface area (Å²) in [5.74, 6) is 0.203. The van der Waals surface area contributed by atoms with Crippen LogP contribution in [-0.2, 0) is 0 Å². The average molecular weight is 264 g/mol. The SMILES string of the molecule is O=C(Oc1cccc2ccccc12)c1ccc(O)cc1. The summed E-state index contributed by atoms with van der Waals surface area (Å²) in [5, 5.41) is 11.1. The zero-order valence-corrected chi connectivity index (χ0v) is 10.6. The van der Waals surface area contributed by atoms with Crippen LogP contribution in [0.5, 0.6) is 11.5 Å². The van der Waals surface area contributed by atoms with E-state index >= 15 is 0 Å². The molecule has 0 bridgehead atoms. The van der Waals surface area contributed by atoms with Gasteiger partial charge in [-0.3, -0.25) is 0 Å². The summed E-state index contributed by atoms with van der Waals surface area (Å²) < 4.78 is 5.43. The summed E-state index contributed by atoms with van der Waals surface area (Å²) in [6, 6.07) is 19.3. The predicted molar refractivity (Wildman–Crippen MR) is 77.0 cm³/mol. The van der Waals surface area contributed by atoms with Gasteiger partial charge in [0.1, 0.15) is 11.5 Å². The summed E-state index contributed by atoms with van der Waals surface area (Å²) >= 11 is 0. The Morgan fingerprint density at radius 2 is 1.55 bits per heavy atom. The van der Waals surface area contributed by atoms with Crippen LogP contribution in [0, 0.1) is 0 Å². The van der Waals surface area contributed by atoms with Crippen molar-refractivity contribution >= 4 is 16.7 Å². The molecule has 98 valence electrons. The normalized spacial score (nSPS) is 10.4. The van der Waals surface area contributed by atoms with E-state index in [9.17, 15) is 9.90 Å². The summed E-state index contributed by atoms with van der Waals surface area (Å²) in [7, 11) is 0. The Labute approximate surface area is 116 Å². The van der Waals surface area contributed by atoms with E-state index in [0.717, 1.165) is 10.8 Å². The first kappa shape index (κ1) is 12.2. The Kier molecular flexibility index (Phi) is 3.09. The van der Waals surface area contributed by atoms with Gasteiger partial charge in [0.15, 0.2) is 0 Å². The highest BCUT2D eigenvalue weighted by molar-refractivity contribution is 5.95.